The summed E-state index contributed by atoms with van der Waals surface area (Å²) in [4.78, 5) is 0. The molecular weight excluding hydrogens is 410 g/mol. The van der Waals surface area contributed by atoms with Crippen molar-refractivity contribution in [2.75, 3.05) is 7.11 Å². The molecule has 29 heavy (non-hydrogen) atoms. The van der Waals surface area contributed by atoms with Gasteiger partial charge >= 0.3 is 0 Å². The molecule has 0 bridgehead atoms. The van der Waals surface area contributed by atoms with E-state index in [0.717, 1.165) is 41.0 Å². The summed E-state index contributed by atoms with van der Waals surface area (Å²) in [6.45, 7) is 0.637. The van der Waals surface area contributed by atoms with Gasteiger partial charge in [0.25, 0.3) is 0 Å². The summed E-state index contributed by atoms with van der Waals surface area (Å²) in [5, 5.41) is 5.22. The maximum atomic E-state index is 12.8. The van der Waals surface area contributed by atoms with Crippen LogP contribution in [0.2, 0.25) is 5.02 Å². The second-order valence-electron chi connectivity index (χ2n) is 7.38. The van der Waals surface area contributed by atoms with Gasteiger partial charge in [-0.25, -0.2) is 13.1 Å². The molecule has 0 atom stereocenters. The second-order valence-corrected chi connectivity index (χ2v) is 10.0. The molecule has 1 aliphatic heterocycles. The molecule has 0 spiro atoms. The molecule has 150 valence electrons. The predicted molar refractivity (Wildman–Crippen MR) is 112 cm³/mol. The van der Waals surface area contributed by atoms with E-state index in [1.807, 2.05) is 53.2 Å². The highest BCUT2D eigenvalue weighted by molar-refractivity contribution is 7.90. The van der Waals surface area contributed by atoms with E-state index in [9.17, 15) is 8.42 Å². The zero-order valence-electron chi connectivity index (χ0n) is 15.9. The van der Waals surface area contributed by atoms with Gasteiger partial charge in [0.1, 0.15) is 11.4 Å². The molecule has 8 heteroatoms. The first-order chi connectivity index (χ1) is 14.0. The Hall–Kier alpha value is -2.35. The monoisotopic (exact) mass is 429 g/mol. The van der Waals surface area contributed by atoms with E-state index in [0.29, 0.717) is 23.9 Å². The van der Waals surface area contributed by atoms with Crippen molar-refractivity contribution in [3.8, 4) is 22.7 Å². The zero-order valence-corrected chi connectivity index (χ0v) is 17.4. The molecule has 5 rings (SSSR count). The Morgan fingerprint density at radius 2 is 1.79 bits per heavy atom. The minimum Gasteiger partial charge on any atom is -0.494 e. The molecule has 0 saturated heterocycles. The normalized spacial score (nSPS) is 16.8. The molecule has 0 amide bonds. The molecule has 2 heterocycles. The number of para-hydroxylation sites is 2. The van der Waals surface area contributed by atoms with Crippen molar-refractivity contribution in [1.29, 1.82) is 0 Å². The summed E-state index contributed by atoms with van der Waals surface area (Å²) < 4.78 is 34.5. The summed E-state index contributed by atoms with van der Waals surface area (Å²) in [5.41, 5.74) is 4.33. The molecular formula is C21H20ClN3O3S. The van der Waals surface area contributed by atoms with Crippen molar-refractivity contribution < 1.29 is 13.2 Å². The van der Waals surface area contributed by atoms with Crippen LogP contribution in [0.1, 0.15) is 24.1 Å². The Bertz CT molecular complexity index is 1180. The molecule has 1 saturated carbocycles. The number of benzene rings is 2. The standard InChI is InChI=1S/C21H20ClN3O3S/c1-28-20-5-3-2-4-19(20)25-21(14-6-8-15(22)9-7-14)17-12-24(13-18(17)23-25)29(26,27)16-10-11-16/h2-9,16H,10-13H2,1H3. The van der Waals surface area contributed by atoms with Gasteiger partial charge < -0.3 is 4.74 Å². The molecule has 1 fully saturated rings. The topological polar surface area (TPSA) is 64.4 Å². The first-order valence-electron chi connectivity index (χ1n) is 9.48. The fraction of sp³-hybridized carbons (Fsp3) is 0.286. The van der Waals surface area contributed by atoms with Crippen molar-refractivity contribution >= 4 is 21.6 Å². The summed E-state index contributed by atoms with van der Waals surface area (Å²) in [6, 6.07) is 15.2. The Morgan fingerprint density at radius 1 is 1.07 bits per heavy atom. The van der Waals surface area contributed by atoms with Crippen LogP contribution in [-0.4, -0.2) is 34.9 Å². The third kappa shape index (κ3) is 3.13. The van der Waals surface area contributed by atoms with Crippen molar-refractivity contribution in [1.82, 2.24) is 14.1 Å². The zero-order chi connectivity index (χ0) is 20.2. The average Bonchev–Trinajstić information content (AvgIpc) is 3.42. The van der Waals surface area contributed by atoms with Crippen LogP contribution < -0.4 is 4.74 Å². The first kappa shape index (κ1) is 18.7. The highest BCUT2D eigenvalue weighted by atomic mass is 35.5. The van der Waals surface area contributed by atoms with Crippen LogP contribution in [0.5, 0.6) is 5.75 Å². The highest BCUT2D eigenvalue weighted by Crippen LogP contribution is 2.40. The van der Waals surface area contributed by atoms with Gasteiger partial charge in [0.2, 0.25) is 10.0 Å². The predicted octanol–water partition coefficient (Wildman–Crippen LogP) is 4.01. The molecule has 0 N–H and O–H groups in total. The third-order valence-electron chi connectivity index (χ3n) is 5.46. The molecule has 1 aliphatic carbocycles. The number of methoxy groups -OCH3 is 1. The van der Waals surface area contributed by atoms with Gasteiger partial charge in [-0.2, -0.15) is 9.40 Å². The Labute approximate surface area is 174 Å². The van der Waals surface area contributed by atoms with Gasteiger partial charge in [0.05, 0.1) is 30.3 Å². The Morgan fingerprint density at radius 3 is 2.48 bits per heavy atom. The summed E-state index contributed by atoms with van der Waals surface area (Å²) >= 11 is 6.09. The number of nitrogens with zero attached hydrogens (tertiary/aromatic N) is 3. The van der Waals surface area contributed by atoms with E-state index in [2.05, 4.69) is 0 Å². The van der Waals surface area contributed by atoms with Crippen molar-refractivity contribution in [3.05, 3.63) is 64.8 Å². The van der Waals surface area contributed by atoms with Crippen molar-refractivity contribution in [2.24, 2.45) is 0 Å². The molecule has 3 aromatic rings. The maximum absolute atomic E-state index is 12.8. The third-order valence-corrected chi connectivity index (χ3v) is 8.01. The Balaban J connectivity index is 1.66. The summed E-state index contributed by atoms with van der Waals surface area (Å²) in [7, 11) is -1.63. The number of aromatic nitrogens is 2. The van der Waals surface area contributed by atoms with Crippen LogP contribution in [-0.2, 0) is 23.1 Å². The van der Waals surface area contributed by atoms with Gasteiger partial charge in [-0.3, -0.25) is 0 Å². The van der Waals surface area contributed by atoms with Gasteiger partial charge in [0, 0.05) is 22.7 Å². The van der Waals surface area contributed by atoms with E-state index in [1.165, 1.54) is 0 Å². The number of fused-ring (bicyclic) bond motifs is 1. The number of rotatable bonds is 5. The van der Waals surface area contributed by atoms with E-state index >= 15 is 0 Å². The number of halogens is 1. The number of ether oxygens (including phenoxy) is 1. The van der Waals surface area contributed by atoms with Crippen LogP contribution in [0.4, 0.5) is 0 Å². The maximum Gasteiger partial charge on any atom is 0.217 e. The number of sulfonamides is 1. The van der Waals surface area contributed by atoms with Gasteiger partial charge in [0.15, 0.2) is 0 Å². The fourth-order valence-electron chi connectivity index (χ4n) is 3.83. The van der Waals surface area contributed by atoms with Crippen molar-refractivity contribution in [2.45, 2.75) is 31.2 Å². The van der Waals surface area contributed by atoms with Crippen LogP contribution in [0.3, 0.4) is 0 Å². The van der Waals surface area contributed by atoms with Gasteiger partial charge in [-0.15, -0.1) is 0 Å². The lowest BCUT2D eigenvalue weighted by atomic mass is 10.1. The van der Waals surface area contributed by atoms with E-state index in [4.69, 9.17) is 21.4 Å². The lowest BCUT2D eigenvalue weighted by Gasteiger charge is -2.17. The number of hydrogen-bond donors (Lipinski definition) is 0. The first-order valence-corrected chi connectivity index (χ1v) is 11.4. The minimum absolute atomic E-state index is 0.230. The largest absolute Gasteiger partial charge is 0.494 e. The smallest absolute Gasteiger partial charge is 0.217 e. The SMILES string of the molecule is COc1ccccc1-n1nc2c(c1-c1ccc(Cl)cc1)CN(S(=O)(=O)C1CC1)C2. The van der Waals surface area contributed by atoms with E-state index in [1.54, 1.807) is 11.4 Å². The lowest BCUT2D eigenvalue weighted by molar-refractivity contribution is 0.410. The molecule has 0 unspecified atom stereocenters. The minimum atomic E-state index is -3.26. The van der Waals surface area contributed by atoms with E-state index < -0.39 is 10.0 Å². The van der Waals surface area contributed by atoms with Gasteiger partial charge in [-0.05, 0) is 37.1 Å². The molecule has 6 nitrogen and oxygen atoms in total. The van der Waals surface area contributed by atoms with Gasteiger partial charge in [-0.1, -0.05) is 35.9 Å². The van der Waals surface area contributed by atoms with E-state index in [-0.39, 0.29) is 5.25 Å². The summed E-state index contributed by atoms with van der Waals surface area (Å²) in [6.07, 6.45) is 1.50. The van der Waals surface area contributed by atoms with Crippen molar-refractivity contribution in [3.63, 3.8) is 0 Å². The average molecular weight is 430 g/mol. The Kier molecular flexibility index (Phi) is 4.42. The second kappa shape index (κ2) is 6.86. The fourth-order valence-corrected chi connectivity index (χ4v) is 5.72. The molecule has 2 aromatic carbocycles. The highest BCUT2D eigenvalue weighted by Gasteiger charge is 2.43. The quantitative estimate of drug-likeness (QED) is 0.614. The lowest BCUT2D eigenvalue weighted by Crippen LogP contribution is -2.29. The molecule has 2 aliphatic rings. The number of hydrogen-bond acceptors (Lipinski definition) is 4. The van der Waals surface area contributed by atoms with Crippen LogP contribution in [0, 0.1) is 0 Å². The van der Waals surface area contributed by atoms with Crippen LogP contribution in [0.15, 0.2) is 48.5 Å². The molecule has 0 radical (unpaired) electrons. The van der Waals surface area contributed by atoms with Crippen LogP contribution in [0.25, 0.3) is 16.9 Å². The molecule has 1 aromatic heterocycles. The van der Waals surface area contributed by atoms with Crippen LogP contribution >= 0.6 is 11.6 Å². The summed E-state index contributed by atoms with van der Waals surface area (Å²) in [5.74, 6) is 0.700.